The van der Waals surface area contributed by atoms with E-state index < -0.39 is 0 Å². The summed E-state index contributed by atoms with van der Waals surface area (Å²) in [6.07, 6.45) is 1.30. The zero-order chi connectivity index (χ0) is 10.7. The van der Waals surface area contributed by atoms with Crippen molar-refractivity contribution in [2.75, 3.05) is 0 Å². The Labute approximate surface area is 91.9 Å². The lowest BCUT2D eigenvalue weighted by Crippen LogP contribution is -1.93. The Bertz CT molecular complexity index is 458. The van der Waals surface area contributed by atoms with Crippen LogP contribution in [0.15, 0.2) is 30.6 Å². The molecule has 0 fully saturated rings. The number of benzene rings is 1. The predicted octanol–water partition coefficient (Wildman–Crippen LogP) is 2.63. The smallest absolute Gasteiger partial charge is 0.326 e. The maximum Gasteiger partial charge on any atom is 0.326 e. The van der Waals surface area contributed by atoms with Crippen LogP contribution in [0, 0.1) is 6.92 Å². The summed E-state index contributed by atoms with van der Waals surface area (Å²) in [7, 11) is 0. The van der Waals surface area contributed by atoms with Gasteiger partial charge in [-0.3, -0.25) is 0 Å². The molecule has 1 aromatic heterocycles. The van der Waals surface area contributed by atoms with Gasteiger partial charge in [-0.2, -0.15) is 9.97 Å². The molecule has 1 heterocycles. The van der Waals surface area contributed by atoms with Crippen molar-refractivity contribution in [2.45, 2.75) is 6.92 Å². The monoisotopic (exact) mass is 221 g/mol. The second-order valence-corrected chi connectivity index (χ2v) is 3.29. The van der Waals surface area contributed by atoms with Crippen LogP contribution in [0.2, 0.25) is 5.28 Å². The molecule has 0 N–H and O–H groups in total. The first kappa shape index (κ1) is 9.86. The number of aromatic nitrogens is 3. The number of rotatable bonds is 2. The Morgan fingerprint density at radius 3 is 2.53 bits per heavy atom. The molecule has 1 aromatic carbocycles. The van der Waals surface area contributed by atoms with Crippen LogP contribution in [0.1, 0.15) is 5.56 Å². The van der Waals surface area contributed by atoms with Crippen LogP contribution < -0.4 is 4.74 Å². The molecule has 5 heteroatoms. The fourth-order valence-electron chi connectivity index (χ4n) is 1.02. The molecule has 0 unspecified atom stereocenters. The molecule has 2 rings (SSSR count). The molecule has 0 aliphatic carbocycles. The van der Waals surface area contributed by atoms with Crippen LogP contribution in [0.4, 0.5) is 0 Å². The maximum absolute atomic E-state index is 5.59. The van der Waals surface area contributed by atoms with E-state index in [9.17, 15) is 0 Å². The van der Waals surface area contributed by atoms with Crippen molar-refractivity contribution in [3.05, 3.63) is 41.4 Å². The number of nitrogens with zero attached hydrogens (tertiary/aromatic N) is 3. The van der Waals surface area contributed by atoms with Crippen molar-refractivity contribution < 1.29 is 4.74 Å². The van der Waals surface area contributed by atoms with E-state index in [0.29, 0.717) is 5.75 Å². The third kappa shape index (κ3) is 2.63. The molecule has 0 amide bonds. The van der Waals surface area contributed by atoms with Gasteiger partial charge in [0.05, 0.1) is 0 Å². The molecule has 0 bridgehead atoms. The van der Waals surface area contributed by atoms with E-state index in [2.05, 4.69) is 15.0 Å². The lowest BCUT2D eigenvalue weighted by molar-refractivity contribution is 0.439. The number of ether oxygens (including phenoxy) is 1. The van der Waals surface area contributed by atoms with Crippen molar-refractivity contribution in [3.63, 3.8) is 0 Å². The molecule has 76 valence electrons. The molecule has 0 aliphatic rings. The Morgan fingerprint density at radius 2 is 1.87 bits per heavy atom. The lowest BCUT2D eigenvalue weighted by Gasteiger charge is -2.02. The minimum absolute atomic E-state index is 0.118. The van der Waals surface area contributed by atoms with Crippen LogP contribution in [0.3, 0.4) is 0 Å². The fourth-order valence-corrected chi connectivity index (χ4v) is 1.14. The first-order valence-corrected chi connectivity index (χ1v) is 4.71. The number of halogens is 1. The van der Waals surface area contributed by atoms with Gasteiger partial charge in [-0.1, -0.05) is 17.7 Å². The van der Waals surface area contributed by atoms with E-state index in [4.69, 9.17) is 16.3 Å². The van der Waals surface area contributed by atoms with Gasteiger partial charge in [0.25, 0.3) is 0 Å². The minimum atomic E-state index is 0.118. The second kappa shape index (κ2) is 4.23. The summed E-state index contributed by atoms with van der Waals surface area (Å²) in [6.45, 7) is 2.00. The van der Waals surface area contributed by atoms with Crippen molar-refractivity contribution in [2.24, 2.45) is 0 Å². The number of hydrogen-bond donors (Lipinski definition) is 0. The first-order valence-electron chi connectivity index (χ1n) is 4.33. The average Bonchev–Trinajstić information content (AvgIpc) is 2.22. The Hall–Kier alpha value is -1.68. The Balaban J connectivity index is 2.18. The fraction of sp³-hybridized carbons (Fsp3) is 0.100. The molecule has 4 nitrogen and oxygen atoms in total. The largest absolute Gasteiger partial charge is 0.424 e. The average molecular weight is 222 g/mol. The summed E-state index contributed by atoms with van der Waals surface area (Å²) < 4.78 is 5.37. The highest BCUT2D eigenvalue weighted by atomic mass is 35.5. The summed E-state index contributed by atoms with van der Waals surface area (Å²) in [5.74, 6) is 0.669. The molecule has 2 aromatic rings. The van der Waals surface area contributed by atoms with E-state index in [1.54, 1.807) is 0 Å². The molecule has 0 radical (unpaired) electrons. The SMILES string of the molecule is Cc1ccc(Oc2ncnc(Cl)n2)cc1. The van der Waals surface area contributed by atoms with Gasteiger partial charge < -0.3 is 4.74 Å². The standard InChI is InChI=1S/C10H8ClN3O/c1-7-2-4-8(5-3-7)15-10-13-6-12-9(11)14-10/h2-6H,1H3. The van der Waals surface area contributed by atoms with Crippen LogP contribution in [-0.4, -0.2) is 15.0 Å². The van der Waals surface area contributed by atoms with Crippen LogP contribution >= 0.6 is 11.6 Å². The van der Waals surface area contributed by atoms with Crippen LogP contribution in [-0.2, 0) is 0 Å². The highest BCUT2D eigenvalue weighted by Crippen LogP contribution is 2.17. The molecular formula is C10H8ClN3O. The van der Waals surface area contributed by atoms with E-state index in [0.717, 1.165) is 5.56 Å². The molecular weight excluding hydrogens is 214 g/mol. The van der Waals surface area contributed by atoms with Crippen LogP contribution in [0.5, 0.6) is 11.8 Å². The zero-order valence-corrected chi connectivity index (χ0v) is 8.77. The summed E-state index contributed by atoms with van der Waals surface area (Å²) >= 11 is 5.59. The zero-order valence-electron chi connectivity index (χ0n) is 8.01. The normalized spacial score (nSPS) is 10.0. The van der Waals surface area contributed by atoms with Gasteiger partial charge in [0.15, 0.2) is 0 Å². The topological polar surface area (TPSA) is 47.9 Å². The van der Waals surface area contributed by atoms with Gasteiger partial charge in [-0.15, -0.1) is 0 Å². The van der Waals surface area contributed by atoms with E-state index in [-0.39, 0.29) is 11.3 Å². The van der Waals surface area contributed by atoms with Crippen molar-refractivity contribution in [3.8, 4) is 11.8 Å². The quantitative estimate of drug-likeness (QED) is 0.782. The highest BCUT2D eigenvalue weighted by molar-refractivity contribution is 6.28. The third-order valence-corrected chi connectivity index (χ3v) is 1.93. The minimum Gasteiger partial charge on any atom is -0.424 e. The predicted molar refractivity (Wildman–Crippen MR) is 56.1 cm³/mol. The van der Waals surface area contributed by atoms with E-state index in [1.165, 1.54) is 6.33 Å². The lowest BCUT2D eigenvalue weighted by atomic mass is 10.2. The highest BCUT2D eigenvalue weighted by Gasteiger charge is 2.00. The van der Waals surface area contributed by atoms with Gasteiger partial charge in [-0.05, 0) is 30.7 Å². The van der Waals surface area contributed by atoms with Crippen LogP contribution in [0.25, 0.3) is 0 Å². The number of aryl methyl sites for hydroxylation is 1. The van der Waals surface area contributed by atoms with Gasteiger partial charge >= 0.3 is 6.01 Å². The van der Waals surface area contributed by atoms with Gasteiger partial charge in [0, 0.05) is 0 Å². The first-order chi connectivity index (χ1) is 7.24. The van der Waals surface area contributed by atoms with Crippen molar-refractivity contribution >= 4 is 11.6 Å². The van der Waals surface area contributed by atoms with E-state index in [1.807, 2.05) is 31.2 Å². The number of hydrogen-bond acceptors (Lipinski definition) is 4. The summed E-state index contributed by atoms with van der Waals surface area (Å²) in [4.78, 5) is 11.3. The Morgan fingerprint density at radius 1 is 1.13 bits per heavy atom. The van der Waals surface area contributed by atoms with Gasteiger partial charge in [0.1, 0.15) is 12.1 Å². The molecule has 0 saturated carbocycles. The molecule has 0 aliphatic heterocycles. The second-order valence-electron chi connectivity index (χ2n) is 2.95. The summed E-state index contributed by atoms with van der Waals surface area (Å²) in [5.41, 5.74) is 1.16. The van der Waals surface area contributed by atoms with E-state index >= 15 is 0 Å². The third-order valence-electron chi connectivity index (χ3n) is 1.75. The van der Waals surface area contributed by atoms with Crippen molar-refractivity contribution in [1.29, 1.82) is 0 Å². The summed E-state index contributed by atoms with van der Waals surface area (Å²) in [6, 6.07) is 7.76. The van der Waals surface area contributed by atoms with Crippen molar-refractivity contribution in [1.82, 2.24) is 15.0 Å². The maximum atomic E-state index is 5.59. The molecule has 0 spiro atoms. The molecule has 0 saturated heterocycles. The Kier molecular flexibility index (Phi) is 2.78. The molecule has 15 heavy (non-hydrogen) atoms. The van der Waals surface area contributed by atoms with Gasteiger partial charge in [0.2, 0.25) is 5.28 Å². The molecule has 0 atom stereocenters. The summed E-state index contributed by atoms with van der Waals surface area (Å²) in [5, 5.41) is 0.118. The van der Waals surface area contributed by atoms with Gasteiger partial charge in [-0.25, -0.2) is 4.98 Å².